The van der Waals surface area contributed by atoms with Gasteiger partial charge < -0.3 is 5.32 Å². The normalized spacial score (nSPS) is 12.2. The van der Waals surface area contributed by atoms with Crippen LogP contribution in [0, 0.1) is 13.8 Å². The first-order valence-corrected chi connectivity index (χ1v) is 11.3. The Bertz CT molecular complexity index is 1120. The lowest BCUT2D eigenvalue weighted by atomic mass is 9.99. The van der Waals surface area contributed by atoms with E-state index in [1.165, 1.54) is 23.3 Å². The van der Waals surface area contributed by atoms with Gasteiger partial charge in [-0.05, 0) is 73.4 Å². The van der Waals surface area contributed by atoms with Crippen molar-refractivity contribution in [2.24, 2.45) is 0 Å². The molecule has 0 aliphatic rings. The highest BCUT2D eigenvalue weighted by molar-refractivity contribution is 7.92. The standard InChI is InChI=1S/C24H26N2O3S/c1-4-23(20-11-10-17(2)18(3)16-20)25-24(27)19-12-14-21(15-13-19)26-30(28,29)22-8-6-5-7-9-22/h5-16,23,26H,4H2,1-3H3,(H,25,27). The fraction of sp³-hybridized carbons (Fsp3) is 0.208. The molecule has 0 spiro atoms. The highest BCUT2D eigenvalue weighted by Crippen LogP contribution is 2.21. The molecule has 5 nitrogen and oxygen atoms in total. The zero-order chi connectivity index (χ0) is 21.7. The topological polar surface area (TPSA) is 75.3 Å². The van der Waals surface area contributed by atoms with Crippen molar-refractivity contribution in [2.45, 2.75) is 38.1 Å². The van der Waals surface area contributed by atoms with Crippen LogP contribution in [0.1, 0.15) is 46.4 Å². The monoisotopic (exact) mass is 422 g/mol. The number of hydrogen-bond donors (Lipinski definition) is 2. The van der Waals surface area contributed by atoms with E-state index in [2.05, 4.69) is 36.0 Å². The Kier molecular flexibility index (Phi) is 6.57. The largest absolute Gasteiger partial charge is 0.345 e. The number of amides is 1. The number of rotatable bonds is 7. The van der Waals surface area contributed by atoms with Crippen LogP contribution in [0.15, 0.2) is 77.7 Å². The van der Waals surface area contributed by atoms with Crippen molar-refractivity contribution in [1.82, 2.24) is 5.32 Å². The Morgan fingerprint density at radius 2 is 1.57 bits per heavy atom. The lowest BCUT2D eigenvalue weighted by Gasteiger charge is -2.19. The molecule has 0 saturated carbocycles. The van der Waals surface area contributed by atoms with Gasteiger partial charge in [0.15, 0.2) is 0 Å². The molecule has 0 radical (unpaired) electrons. The maximum absolute atomic E-state index is 12.7. The molecular formula is C24H26N2O3S. The molecule has 30 heavy (non-hydrogen) atoms. The summed E-state index contributed by atoms with van der Waals surface area (Å²) in [6.45, 7) is 6.15. The van der Waals surface area contributed by atoms with Crippen LogP contribution in [0.5, 0.6) is 0 Å². The van der Waals surface area contributed by atoms with Gasteiger partial charge in [0, 0.05) is 11.3 Å². The molecule has 0 aliphatic carbocycles. The third kappa shape index (κ3) is 5.07. The zero-order valence-corrected chi connectivity index (χ0v) is 18.2. The second-order valence-corrected chi connectivity index (χ2v) is 8.96. The van der Waals surface area contributed by atoms with Crippen molar-refractivity contribution >= 4 is 21.6 Å². The van der Waals surface area contributed by atoms with Gasteiger partial charge >= 0.3 is 0 Å². The molecule has 0 heterocycles. The van der Waals surface area contributed by atoms with Gasteiger partial charge in [-0.2, -0.15) is 0 Å². The molecule has 0 saturated heterocycles. The SMILES string of the molecule is CCC(NC(=O)c1ccc(NS(=O)(=O)c2ccccc2)cc1)c1ccc(C)c(C)c1. The summed E-state index contributed by atoms with van der Waals surface area (Å²) in [4.78, 5) is 12.9. The van der Waals surface area contributed by atoms with E-state index in [9.17, 15) is 13.2 Å². The number of carbonyl (C=O) groups is 1. The summed E-state index contributed by atoms with van der Waals surface area (Å²) in [5.74, 6) is -0.197. The van der Waals surface area contributed by atoms with Crippen LogP contribution in [0.4, 0.5) is 5.69 Å². The van der Waals surface area contributed by atoms with Gasteiger partial charge in [-0.15, -0.1) is 0 Å². The minimum Gasteiger partial charge on any atom is -0.345 e. The first-order valence-electron chi connectivity index (χ1n) is 9.86. The van der Waals surface area contributed by atoms with E-state index < -0.39 is 10.0 Å². The molecule has 156 valence electrons. The summed E-state index contributed by atoms with van der Waals surface area (Å²) in [5.41, 5.74) is 4.35. The molecule has 3 aromatic carbocycles. The Labute approximate surface area is 178 Å². The number of nitrogens with one attached hydrogen (secondary N) is 2. The van der Waals surface area contributed by atoms with Crippen molar-refractivity contribution in [3.8, 4) is 0 Å². The second kappa shape index (κ2) is 9.13. The van der Waals surface area contributed by atoms with Gasteiger partial charge in [0.05, 0.1) is 10.9 Å². The molecule has 0 fully saturated rings. The lowest BCUT2D eigenvalue weighted by Crippen LogP contribution is -2.28. The number of aryl methyl sites for hydroxylation is 2. The van der Waals surface area contributed by atoms with Crippen LogP contribution >= 0.6 is 0 Å². The third-order valence-electron chi connectivity index (χ3n) is 5.10. The Morgan fingerprint density at radius 1 is 0.900 bits per heavy atom. The Hall–Kier alpha value is -3.12. The van der Waals surface area contributed by atoms with E-state index in [0.717, 1.165) is 12.0 Å². The highest BCUT2D eigenvalue weighted by atomic mass is 32.2. The van der Waals surface area contributed by atoms with Crippen molar-refractivity contribution in [2.75, 3.05) is 4.72 Å². The zero-order valence-electron chi connectivity index (χ0n) is 17.3. The average molecular weight is 423 g/mol. The second-order valence-electron chi connectivity index (χ2n) is 7.27. The summed E-state index contributed by atoms with van der Waals surface area (Å²) >= 11 is 0. The van der Waals surface area contributed by atoms with Crippen LogP contribution in [0.2, 0.25) is 0 Å². The summed E-state index contributed by atoms with van der Waals surface area (Å²) < 4.78 is 27.4. The maximum atomic E-state index is 12.7. The van der Waals surface area contributed by atoms with E-state index >= 15 is 0 Å². The van der Waals surface area contributed by atoms with Crippen LogP contribution in [0.3, 0.4) is 0 Å². The molecular weight excluding hydrogens is 396 g/mol. The van der Waals surface area contributed by atoms with Crippen molar-refractivity contribution in [3.05, 3.63) is 95.1 Å². The van der Waals surface area contributed by atoms with E-state index in [1.807, 2.05) is 13.0 Å². The molecule has 0 aromatic heterocycles. The maximum Gasteiger partial charge on any atom is 0.261 e. The molecule has 1 atom stereocenters. The Balaban J connectivity index is 1.70. The average Bonchev–Trinajstić information content (AvgIpc) is 2.75. The first kappa shape index (κ1) is 21.6. The summed E-state index contributed by atoms with van der Waals surface area (Å²) in [5, 5.41) is 3.06. The van der Waals surface area contributed by atoms with Gasteiger partial charge in [-0.1, -0.05) is 43.3 Å². The van der Waals surface area contributed by atoms with E-state index in [1.54, 1.807) is 42.5 Å². The van der Waals surface area contributed by atoms with Crippen molar-refractivity contribution in [3.63, 3.8) is 0 Å². The van der Waals surface area contributed by atoms with Gasteiger partial charge in [0.2, 0.25) is 0 Å². The number of anilines is 1. The van der Waals surface area contributed by atoms with Crippen molar-refractivity contribution in [1.29, 1.82) is 0 Å². The smallest absolute Gasteiger partial charge is 0.261 e. The van der Waals surface area contributed by atoms with Crippen LogP contribution in [-0.2, 0) is 10.0 Å². The van der Waals surface area contributed by atoms with Crippen LogP contribution in [0.25, 0.3) is 0 Å². The third-order valence-corrected chi connectivity index (χ3v) is 6.50. The van der Waals surface area contributed by atoms with E-state index in [0.29, 0.717) is 11.3 Å². The number of sulfonamides is 1. The van der Waals surface area contributed by atoms with Crippen LogP contribution in [-0.4, -0.2) is 14.3 Å². The summed E-state index contributed by atoms with van der Waals surface area (Å²) in [6, 6.07) is 20.7. The van der Waals surface area contributed by atoms with Gasteiger partial charge in [-0.3, -0.25) is 9.52 Å². The predicted octanol–water partition coefficient (Wildman–Crippen LogP) is 4.99. The molecule has 2 N–H and O–H groups in total. The quantitative estimate of drug-likeness (QED) is 0.563. The molecule has 3 rings (SSSR count). The minimum absolute atomic E-state index is 0.0898. The van der Waals surface area contributed by atoms with E-state index in [-0.39, 0.29) is 16.8 Å². The van der Waals surface area contributed by atoms with Crippen molar-refractivity contribution < 1.29 is 13.2 Å². The molecule has 0 aliphatic heterocycles. The molecule has 1 amide bonds. The summed E-state index contributed by atoms with van der Waals surface area (Å²) in [7, 11) is -3.66. The van der Waals surface area contributed by atoms with Gasteiger partial charge in [0.1, 0.15) is 0 Å². The van der Waals surface area contributed by atoms with E-state index in [4.69, 9.17) is 0 Å². The van der Waals surface area contributed by atoms with Gasteiger partial charge in [-0.25, -0.2) is 8.42 Å². The van der Waals surface area contributed by atoms with Gasteiger partial charge in [0.25, 0.3) is 15.9 Å². The number of carbonyl (C=O) groups excluding carboxylic acids is 1. The lowest BCUT2D eigenvalue weighted by molar-refractivity contribution is 0.0935. The highest BCUT2D eigenvalue weighted by Gasteiger charge is 2.16. The molecule has 1 unspecified atom stereocenters. The fourth-order valence-corrected chi connectivity index (χ4v) is 4.23. The summed E-state index contributed by atoms with van der Waals surface area (Å²) in [6.07, 6.45) is 0.767. The minimum atomic E-state index is -3.66. The first-order chi connectivity index (χ1) is 14.3. The molecule has 0 bridgehead atoms. The van der Waals surface area contributed by atoms with Crippen LogP contribution < -0.4 is 10.0 Å². The fourth-order valence-electron chi connectivity index (χ4n) is 3.15. The molecule has 6 heteroatoms. The Morgan fingerprint density at radius 3 is 2.17 bits per heavy atom. The predicted molar refractivity (Wildman–Crippen MR) is 120 cm³/mol. The number of hydrogen-bond acceptors (Lipinski definition) is 3. The number of benzene rings is 3. The molecule has 3 aromatic rings.